The number of anilines is 1. The molecule has 1 atom stereocenters. The number of hydrogen-bond acceptors (Lipinski definition) is 3. The van der Waals surface area contributed by atoms with E-state index in [1.165, 1.54) is 56.0 Å². The fourth-order valence-corrected chi connectivity index (χ4v) is 4.36. The monoisotopic (exact) mass is 276 g/mol. The maximum atomic E-state index is 3.70. The summed E-state index contributed by atoms with van der Waals surface area (Å²) >= 11 is 2.12. The Kier molecular flexibility index (Phi) is 4.67. The highest BCUT2D eigenvalue weighted by atomic mass is 32.2. The van der Waals surface area contributed by atoms with Crippen LogP contribution in [0.15, 0.2) is 30.3 Å². The van der Waals surface area contributed by atoms with Crippen molar-refractivity contribution < 1.29 is 0 Å². The molecule has 19 heavy (non-hydrogen) atoms. The fourth-order valence-electron chi connectivity index (χ4n) is 3.28. The predicted octanol–water partition coefficient (Wildman–Crippen LogP) is 3.46. The summed E-state index contributed by atoms with van der Waals surface area (Å²) in [5.41, 5.74) is 1.27. The van der Waals surface area contributed by atoms with E-state index in [0.717, 1.165) is 6.04 Å². The van der Waals surface area contributed by atoms with Crippen LogP contribution < -0.4 is 5.32 Å². The molecule has 2 fully saturated rings. The van der Waals surface area contributed by atoms with Crippen molar-refractivity contribution in [2.24, 2.45) is 0 Å². The van der Waals surface area contributed by atoms with Crippen molar-refractivity contribution in [3.63, 3.8) is 0 Å². The van der Waals surface area contributed by atoms with E-state index in [2.05, 4.69) is 52.3 Å². The van der Waals surface area contributed by atoms with Crippen molar-refractivity contribution in [3.8, 4) is 0 Å². The minimum Gasteiger partial charge on any atom is -0.381 e. The summed E-state index contributed by atoms with van der Waals surface area (Å²) in [7, 11) is 0. The van der Waals surface area contributed by atoms with Crippen molar-refractivity contribution >= 4 is 17.4 Å². The molecular weight excluding hydrogens is 252 g/mol. The first kappa shape index (κ1) is 13.3. The average Bonchev–Trinajstić information content (AvgIpc) is 2.49. The number of nitrogens with one attached hydrogen (secondary N) is 1. The second-order valence-corrected chi connectivity index (χ2v) is 6.91. The highest BCUT2D eigenvalue weighted by molar-refractivity contribution is 7.99. The molecule has 0 aromatic heterocycles. The van der Waals surface area contributed by atoms with E-state index in [1.807, 2.05) is 0 Å². The fraction of sp³-hybridized carbons (Fsp3) is 0.625. The molecule has 1 aromatic carbocycles. The summed E-state index contributed by atoms with van der Waals surface area (Å²) < 4.78 is 0. The summed E-state index contributed by atoms with van der Waals surface area (Å²) in [6.07, 6.45) is 5.44. The van der Waals surface area contributed by atoms with Gasteiger partial charge in [-0.15, -0.1) is 0 Å². The zero-order valence-electron chi connectivity index (χ0n) is 11.6. The minimum atomic E-state index is 0.630. The molecule has 0 amide bonds. The maximum absolute atomic E-state index is 3.70. The normalized spacial score (nSPS) is 26.2. The molecule has 1 aromatic rings. The van der Waals surface area contributed by atoms with Crippen LogP contribution in [0, 0.1) is 0 Å². The molecule has 3 rings (SSSR count). The lowest BCUT2D eigenvalue weighted by Gasteiger charge is -2.40. The Hall–Kier alpha value is -0.670. The molecule has 2 heterocycles. The molecule has 0 radical (unpaired) electrons. The largest absolute Gasteiger partial charge is 0.381 e. The van der Waals surface area contributed by atoms with E-state index in [9.17, 15) is 0 Å². The van der Waals surface area contributed by atoms with Gasteiger partial charge in [-0.2, -0.15) is 11.8 Å². The lowest BCUT2D eigenvalue weighted by molar-refractivity contribution is 0.146. The van der Waals surface area contributed by atoms with Gasteiger partial charge in [0.2, 0.25) is 0 Å². The number of likely N-dealkylation sites (tertiary alicyclic amines) is 1. The molecule has 1 N–H and O–H groups in total. The molecule has 0 saturated carbocycles. The van der Waals surface area contributed by atoms with Crippen LogP contribution in [0.5, 0.6) is 0 Å². The third kappa shape index (κ3) is 3.67. The Bertz CT molecular complexity index is 376. The van der Waals surface area contributed by atoms with Crippen LogP contribution in [0.1, 0.15) is 25.7 Å². The zero-order chi connectivity index (χ0) is 12.9. The topological polar surface area (TPSA) is 15.3 Å². The molecule has 2 aliphatic heterocycles. The van der Waals surface area contributed by atoms with Crippen LogP contribution in [0.25, 0.3) is 0 Å². The first-order chi connectivity index (χ1) is 9.42. The molecule has 0 aliphatic carbocycles. The molecule has 0 bridgehead atoms. The lowest BCUT2D eigenvalue weighted by Crippen LogP contribution is -2.48. The smallest absolute Gasteiger partial charge is 0.0389 e. The van der Waals surface area contributed by atoms with Gasteiger partial charge in [0, 0.05) is 24.3 Å². The van der Waals surface area contributed by atoms with Crippen LogP contribution >= 0.6 is 11.8 Å². The Labute approximate surface area is 121 Å². The second kappa shape index (κ2) is 6.67. The zero-order valence-corrected chi connectivity index (χ0v) is 12.4. The Morgan fingerprint density at radius 1 is 1.05 bits per heavy atom. The number of para-hydroxylation sites is 1. The Balaban J connectivity index is 1.55. The molecular formula is C16H24N2S. The summed E-state index contributed by atoms with van der Waals surface area (Å²) in [5.74, 6) is 2.72. The van der Waals surface area contributed by atoms with Gasteiger partial charge >= 0.3 is 0 Å². The molecule has 2 saturated heterocycles. The van der Waals surface area contributed by atoms with Crippen molar-refractivity contribution in [3.05, 3.63) is 30.3 Å². The third-order valence-corrected chi connectivity index (χ3v) is 5.35. The van der Waals surface area contributed by atoms with Gasteiger partial charge in [0.05, 0.1) is 0 Å². The van der Waals surface area contributed by atoms with Gasteiger partial charge < -0.3 is 5.32 Å². The quantitative estimate of drug-likeness (QED) is 0.910. The average molecular weight is 276 g/mol. The minimum absolute atomic E-state index is 0.630. The van der Waals surface area contributed by atoms with Crippen LogP contribution in [-0.4, -0.2) is 41.6 Å². The van der Waals surface area contributed by atoms with Gasteiger partial charge in [-0.05, 0) is 55.9 Å². The van der Waals surface area contributed by atoms with E-state index in [-0.39, 0.29) is 0 Å². The lowest BCUT2D eigenvalue weighted by atomic mass is 10.0. The number of hydrogen-bond donors (Lipinski definition) is 1. The highest BCUT2D eigenvalue weighted by Gasteiger charge is 2.26. The van der Waals surface area contributed by atoms with Gasteiger partial charge in [-0.1, -0.05) is 18.2 Å². The molecule has 2 aliphatic rings. The number of thioether (sulfide) groups is 1. The summed E-state index contributed by atoms with van der Waals surface area (Å²) in [6, 6.07) is 12.1. The van der Waals surface area contributed by atoms with E-state index in [0.29, 0.717) is 6.04 Å². The number of benzene rings is 1. The Morgan fingerprint density at radius 2 is 1.84 bits per heavy atom. The first-order valence-corrected chi connectivity index (χ1v) is 8.71. The molecule has 0 spiro atoms. The molecule has 104 valence electrons. The van der Waals surface area contributed by atoms with Crippen molar-refractivity contribution in [2.45, 2.75) is 37.8 Å². The van der Waals surface area contributed by atoms with Gasteiger partial charge in [0.25, 0.3) is 0 Å². The van der Waals surface area contributed by atoms with Crippen molar-refractivity contribution in [2.75, 3.05) is 29.9 Å². The summed E-state index contributed by atoms with van der Waals surface area (Å²) in [6.45, 7) is 2.53. The molecule has 0 unspecified atom stereocenters. The number of nitrogens with zero attached hydrogens (tertiary/aromatic N) is 1. The van der Waals surface area contributed by atoms with Gasteiger partial charge in [0.15, 0.2) is 0 Å². The standard InChI is InChI=1S/C16H24N2S/c1-2-5-14(6-3-1)17-15-7-4-10-18(13-15)16-8-11-19-12-9-16/h1-3,5-6,15-17H,4,7-13H2/t15-/m0/s1. The van der Waals surface area contributed by atoms with Gasteiger partial charge in [-0.3, -0.25) is 4.90 Å². The van der Waals surface area contributed by atoms with Crippen molar-refractivity contribution in [1.29, 1.82) is 0 Å². The van der Waals surface area contributed by atoms with Crippen LogP contribution in [0.2, 0.25) is 0 Å². The van der Waals surface area contributed by atoms with Crippen LogP contribution in [0.3, 0.4) is 0 Å². The van der Waals surface area contributed by atoms with E-state index < -0.39 is 0 Å². The third-order valence-electron chi connectivity index (χ3n) is 4.30. The predicted molar refractivity (Wildman–Crippen MR) is 85.0 cm³/mol. The van der Waals surface area contributed by atoms with Gasteiger partial charge in [-0.25, -0.2) is 0 Å². The Morgan fingerprint density at radius 3 is 2.63 bits per heavy atom. The van der Waals surface area contributed by atoms with Gasteiger partial charge in [0.1, 0.15) is 0 Å². The van der Waals surface area contributed by atoms with E-state index in [4.69, 9.17) is 0 Å². The second-order valence-electron chi connectivity index (χ2n) is 5.69. The molecule has 3 heteroatoms. The first-order valence-electron chi connectivity index (χ1n) is 7.55. The number of piperidine rings is 1. The van der Waals surface area contributed by atoms with E-state index in [1.54, 1.807) is 0 Å². The van der Waals surface area contributed by atoms with E-state index >= 15 is 0 Å². The van der Waals surface area contributed by atoms with Crippen LogP contribution in [-0.2, 0) is 0 Å². The molecule has 2 nitrogen and oxygen atoms in total. The number of rotatable bonds is 3. The summed E-state index contributed by atoms with van der Waals surface area (Å²) in [4.78, 5) is 2.74. The van der Waals surface area contributed by atoms with Crippen LogP contribution in [0.4, 0.5) is 5.69 Å². The van der Waals surface area contributed by atoms with Crippen molar-refractivity contribution in [1.82, 2.24) is 4.90 Å². The highest BCUT2D eigenvalue weighted by Crippen LogP contribution is 2.25. The summed E-state index contributed by atoms with van der Waals surface area (Å²) in [5, 5.41) is 3.70. The SMILES string of the molecule is c1ccc(N[C@H]2CCCN(C3CCSCC3)C2)cc1. The maximum Gasteiger partial charge on any atom is 0.0389 e.